The van der Waals surface area contributed by atoms with Crippen LogP contribution in [0.5, 0.6) is 0 Å². The number of nitrogens with one attached hydrogen (secondary N) is 1. The maximum Gasteiger partial charge on any atom is 0.208 e. The quantitative estimate of drug-likeness (QED) is 0.755. The van der Waals surface area contributed by atoms with Crippen LogP contribution in [-0.2, 0) is 10.0 Å². The minimum absolute atomic E-state index is 0.122. The van der Waals surface area contributed by atoms with E-state index in [0.29, 0.717) is 6.42 Å². The third-order valence-corrected chi connectivity index (χ3v) is 3.12. The van der Waals surface area contributed by atoms with E-state index in [-0.39, 0.29) is 12.5 Å². The van der Waals surface area contributed by atoms with Crippen LogP contribution >= 0.6 is 0 Å². The Morgan fingerprint density at radius 1 is 1.38 bits per heavy atom. The minimum atomic E-state index is -3.16. The van der Waals surface area contributed by atoms with Gasteiger partial charge < -0.3 is 0 Å². The first-order valence-corrected chi connectivity index (χ1v) is 6.47. The summed E-state index contributed by atoms with van der Waals surface area (Å²) >= 11 is 0. The smallest absolute Gasteiger partial charge is 0.208 e. The van der Waals surface area contributed by atoms with E-state index >= 15 is 0 Å². The summed E-state index contributed by atoms with van der Waals surface area (Å²) in [5.41, 5.74) is 0. The van der Waals surface area contributed by atoms with Crippen molar-refractivity contribution in [2.75, 3.05) is 12.8 Å². The highest BCUT2D eigenvalue weighted by atomic mass is 32.2. The Hall–Kier alpha value is -0.160. The molecule has 1 aliphatic carbocycles. The minimum Gasteiger partial charge on any atom is -0.247 e. The molecule has 0 saturated heterocycles. The second-order valence-corrected chi connectivity index (χ2v) is 5.51. The fourth-order valence-electron chi connectivity index (χ4n) is 1.65. The zero-order valence-corrected chi connectivity index (χ0v) is 8.61. The van der Waals surface area contributed by atoms with Crippen LogP contribution < -0.4 is 4.72 Å². The Morgan fingerprint density at radius 2 is 2.00 bits per heavy atom. The van der Waals surface area contributed by atoms with Crippen LogP contribution in [-0.4, -0.2) is 27.4 Å². The molecule has 0 aromatic heterocycles. The molecule has 78 valence electrons. The van der Waals surface area contributed by atoms with Gasteiger partial charge in [-0.05, 0) is 12.8 Å². The average Bonchev–Trinajstić information content (AvgIpc) is 2.01. The number of hydrogen-bond acceptors (Lipinski definition) is 2. The largest absolute Gasteiger partial charge is 0.247 e. The van der Waals surface area contributed by atoms with Crippen LogP contribution in [0.4, 0.5) is 4.39 Å². The van der Waals surface area contributed by atoms with Crippen LogP contribution in [0.3, 0.4) is 0 Å². The Labute approximate surface area is 78.8 Å². The molecule has 0 aromatic rings. The van der Waals surface area contributed by atoms with Gasteiger partial charge in [0.1, 0.15) is 6.17 Å². The Morgan fingerprint density at radius 3 is 2.54 bits per heavy atom. The third kappa shape index (κ3) is 4.04. The Balaban J connectivity index is 2.35. The fraction of sp³-hybridized carbons (Fsp3) is 1.00. The van der Waals surface area contributed by atoms with E-state index in [0.717, 1.165) is 25.5 Å². The molecule has 1 N–H and O–H groups in total. The summed E-state index contributed by atoms with van der Waals surface area (Å²) in [6.07, 6.45) is 3.58. The van der Waals surface area contributed by atoms with Gasteiger partial charge in [-0.15, -0.1) is 0 Å². The number of alkyl halides is 1. The zero-order valence-electron chi connectivity index (χ0n) is 7.79. The van der Waals surface area contributed by atoms with Gasteiger partial charge in [-0.1, -0.05) is 12.8 Å². The summed E-state index contributed by atoms with van der Waals surface area (Å²) < 4.78 is 37.0. The van der Waals surface area contributed by atoms with Gasteiger partial charge in [0, 0.05) is 12.5 Å². The van der Waals surface area contributed by atoms with E-state index < -0.39 is 16.2 Å². The van der Waals surface area contributed by atoms with Crippen molar-refractivity contribution in [2.24, 2.45) is 5.92 Å². The molecule has 0 heterocycles. The van der Waals surface area contributed by atoms with Crippen molar-refractivity contribution < 1.29 is 12.8 Å². The normalized spacial score (nSPS) is 30.3. The SMILES string of the molecule is CS(=O)(=O)NCC1CCCCC1F. The molecule has 13 heavy (non-hydrogen) atoms. The standard InChI is InChI=1S/C8H16FNO2S/c1-13(11,12)10-6-7-4-2-3-5-8(7)9/h7-8,10H,2-6H2,1H3. The number of sulfonamides is 1. The molecule has 0 radical (unpaired) electrons. The van der Waals surface area contributed by atoms with Crippen LogP contribution in [0.15, 0.2) is 0 Å². The summed E-state index contributed by atoms with van der Waals surface area (Å²) in [5.74, 6) is -0.122. The first-order valence-electron chi connectivity index (χ1n) is 4.58. The van der Waals surface area contributed by atoms with Crippen molar-refractivity contribution >= 4 is 10.0 Å². The van der Waals surface area contributed by atoms with Crippen molar-refractivity contribution in [3.63, 3.8) is 0 Å². The highest BCUT2D eigenvalue weighted by Gasteiger charge is 2.24. The average molecular weight is 209 g/mol. The molecule has 1 saturated carbocycles. The summed E-state index contributed by atoms with van der Waals surface area (Å²) in [6.45, 7) is 0.250. The van der Waals surface area contributed by atoms with Gasteiger partial charge >= 0.3 is 0 Å². The lowest BCUT2D eigenvalue weighted by Gasteiger charge is -2.25. The van der Waals surface area contributed by atoms with E-state index in [4.69, 9.17) is 0 Å². The fourth-order valence-corrected chi connectivity index (χ4v) is 2.17. The Kier molecular flexibility index (Phi) is 3.67. The number of hydrogen-bond donors (Lipinski definition) is 1. The van der Waals surface area contributed by atoms with E-state index in [9.17, 15) is 12.8 Å². The highest BCUT2D eigenvalue weighted by molar-refractivity contribution is 7.88. The summed E-state index contributed by atoms with van der Waals surface area (Å²) in [7, 11) is -3.16. The predicted octanol–water partition coefficient (Wildman–Crippen LogP) is 1.06. The van der Waals surface area contributed by atoms with Gasteiger partial charge in [0.15, 0.2) is 0 Å². The monoisotopic (exact) mass is 209 g/mol. The van der Waals surface area contributed by atoms with Crippen LogP contribution in [0.2, 0.25) is 0 Å². The van der Waals surface area contributed by atoms with Gasteiger partial charge in [0.05, 0.1) is 6.26 Å². The molecule has 0 amide bonds. The molecule has 5 heteroatoms. The number of halogens is 1. The van der Waals surface area contributed by atoms with Crippen molar-refractivity contribution in [2.45, 2.75) is 31.9 Å². The Bertz CT molecular complexity index is 253. The molecule has 1 rings (SSSR count). The lowest BCUT2D eigenvalue weighted by molar-refractivity contribution is 0.168. The summed E-state index contributed by atoms with van der Waals surface area (Å²) in [5, 5.41) is 0. The zero-order chi connectivity index (χ0) is 9.90. The van der Waals surface area contributed by atoms with Crippen molar-refractivity contribution in [3.05, 3.63) is 0 Å². The molecule has 0 aliphatic heterocycles. The van der Waals surface area contributed by atoms with Gasteiger partial charge in [-0.2, -0.15) is 0 Å². The lowest BCUT2D eigenvalue weighted by Crippen LogP contribution is -2.34. The molecule has 1 fully saturated rings. The highest BCUT2D eigenvalue weighted by Crippen LogP contribution is 2.26. The van der Waals surface area contributed by atoms with Crippen molar-refractivity contribution in [1.29, 1.82) is 0 Å². The molecule has 0 aromatic carbocycles. The summed E-state index contributed by atoms with van der Waals surface area (Å²) in [4.78, 5) is 0. The van der Waals surface area contributed by atoms with E-state index in [1.807, 2.05) is 0 Å². The lowest BCUT2D eigenvalue weighted by atomic mass is 9.88. The second-order valence-electron chi connectivity index (χ2n) is 3.68. The molecular weight excluding hydrogens is 193 g/mol. The van der Waals surface area contributed by atoms with E-state index in [1.54, 1.807) is 0 Å². The van der Waals surface area contributed by atoms with Gasteiger partial charge in [0.2, 0.25) is 10.0 Å². The molecule has 2 unspecified atom stereocenters. The molecular formula is C8H16FNO2S. The molecule has 1 aliphatic rings. The number of rotatable bonds is 3. The molecule has 0 bridgehead atoms. The second kappa shape index (κ2) is 4.37. The maximum atomic E-state index is 13.2. The predicted molar refractivity (Wildman–Crippen MR) is 49.7 cm³/mol. The van der Waals surface area contributed by atoms with Crippen molar-refractivity contribution in [1.82, 2.24) is 4.72 Å². The van der Waals surface area contributed by atoms with E-state index in [1.165, 1.54) is 0 Å². The van der Waals surface area contributed by atoms with Crippen LogP contribution in [0, 0.1) is 5.92 Å². The van der Waals surface area contributed by atoms with Gasteiger partial charge in [0.25, 0.3) is 0 Å². The molecule has 2 atom stereocenters. The first-order chi connectivity index (χ1) is 5.99. The van der Waals surface area contributed by atoms with E-state index in [2.05, 4.69) is 4.72 Å². The van der Waals surface area contributed by atoms with Crippen LogP contribution in [0.1, 0.15) is 25.7 Å². The van der Waals surface area contributed by atoms with Gasteiger partial charge in [-0.25, -0.2) is 17.5 Å². The first kappa shape index (κ1) is 10.9. The molecule has 0 spiro atoms. The topological polar surface area (TPSA) is 46.2 Å². The summed E-state index contributed by atoms with van der Waals surface area (Å²) in [6, 6.07) is 0. The molecule has 3 nitrogen and oxygen atoms in total. The van der Waals surface area contributed by atoms with Crippen LogP contribution in [0.25, 0.3) is 0 Å². The third-order valence-electron chi connectivity index (χ3n) is 2.42. The maximum absolute atomic E-state index is 13.2. The van der Waals surface area contributed by atoms with Gasteiger partial charge in [-0.3, -0.25) is 0 Å². The van der Waals surface area contributed by atoms with Crippen molar-refractivity contribution in [3.8, 4) is 0 Å².